The molecule has 0 unspecified atom stereocenters. The van der Waals surface area contributed by atoms with Crippen molar-refractivity contribution in [1.29, 1.82) is 0 Å². The van der Waals surface area contributed by atoms with Gasteiger partial charge >= 0.3 is 0 Å². The predicted octanol–water partition coefficient (Wildman–Crippen LogP) is 2.88. The van der Waals surface area contributed by atoms with Gasteiger partial charge in [0.2, 0.25) is 5.91 Å². The molecule has 1 aromatic heterocycles. The lowest BCUT2D eigenvalue weighted by molar-refractivity contribution is -0.120. The van der Waals surface area contributed by atoms with Crippen LogP contribution in [0.5, 0.6) is 0 Å². The van der Waals surface area contributed by atoms with Crippen molar-refractivity contribution in [3.05, 3.63) is 65.0 Å². The molecule has 2 heterocycles. The Morgan fingerprint density at radius 2 is 2.12 bits per heavy atom. The van der Waals surface area contributed by atoms with E-state index in [0.717, 1.165) is 38.3 Å². The smallest absolute Gasteiger partial charge is 0.226 e. The van der Waals surface area contributed by atoms with E-state index >= 15 is 0 Å². The number of aromatic nitrogens is 1. The van der Waals surface area contributed by atoms with Crippen LogP contribution in [0.4, 0.5) is 0 Å². The molecule has 1 aliphatic heterocycles. The van der Waals surface area contributed by atoms with Gasteiger partial charge in [0.05, 0.1) is 6.42 Å². The molecule has 0 aliphatic carbocycles. The van der Waals surface area contributed by atoms with Gasteiger partial charge in [-0.25, -0.2) is 0 Å². The molecular weight excluding hydrogens is 310 g/mol. The average Bonchev–Trinajstić information content (AvgIpc) is 3.05. The number of amides is 1. The minimum absolute atomic E-state index is 0.0614. The van der Waals surface area contributed by atoms with Crippen molar-refractivity contribution in [3.63, 3.8) is 0 Å². The summed E-state index contributed by atoms with van der Waals surface area (Å²) >= 11 is 0. The second-order valence-corrected chi connectivity index (χ2v) is 7.11. The van der Waals surface area contributed by atoms with Crippen molar-refractivity contribution in [2.75, 3.05) is 19.6 Å². The first-order valence-corrected chi connectivity index (χ1v) is 9.05. The Labute approximate surface area is 150 Å². The first-order chi connectivity index (χ1) is 12.1. The van der Waals surface area contributed by atoms with E-state index in [9.17, 15) is 4.79 Å². The molecule has 0 radical (unpaired) electrons. The quantitative estimate of drug-likeness (QED) is 0.881. The number of benzene rings is 1. The fourth-order valence-electron chi connectivity index (χ4n) is 3.37. The van der Waals surface area contributed by atoms with Crippen LogP contribution in [0.25, 0.3) is 0 Å². The zero-order valence-electron chi connectivity index (χ0n) is 15.2. The maximum Gasteiger partial charge on any atom is 0.226 e. The SMILES string of the molecule is Cc1ccc(CN2CC[C@@H](CNC(=O)Cc3ccccn3)C2)cc1C. The summed E-state index contributed by atoms with van der Waals surface area (Å²) in [7, 11) is 0. The summed E-state index contributed by atoms with van der Waals surface area (Å²) < 4.78 is 0. The number of hydrogen-bond donors (Lipinski definition) is 1. The molecule has 1 amide bonds. The number of nitrogens with zero attached hydrogens (tertiary/aromatic N) is 2. The first-order valence-electron chi connectivity index (χ1n) is 9.05. The molecule has 25 heavy (non-hydrogen) atoms. The van der Waals surface area contributed by atoms with E-state index in [-0.39, 0.29) is 5.91 Å². The third kappa shape index (κ3) is 5.13. The van der Waals surface area contributed by atoms with Crippen molar-refractivity contribution in [2.45, 2.75) is 33.2 Å². The summed E-state index contributed by atoms with van der Waals surface area (Å²) in [5, 5.41) is 3.07. The zero-order chi connectivity index (χ0) is 17.6. The van der Waals surface area contributed by atoms with Crippen molar-refractivity contribution >= 4 is 5.91 Å². The average molecular weight is 337 g/mol. The maximum absolute atomic E-state index is 12.0. The Hall–Kier alpha value is -2.20. The molecular formula is C21H27N3O. The lowest BCUT2D eigenvalue weighted by atomic mass is 10.1. The molecule has 1 fully saturated rings. The highest BCUT2D eigenvalue weighted by Crippen LogP contribution is 2.19. The highest BCUT2D eigenvalue weighted by Gasteiger charge is 2.22. The Balaban J connectivity index is 1.42. The third-order valence-electron chi connectivity index (χ3n) is 5.00. The van der Waals surface area contributed by atoms with Gasteiger partial charge in [0.15, 0.2) is 0 Å². The van der Waals surface area contributed by atoms with Crippen LogP contribution < -0.4 is 5.32 Å². The first kappa shape index (κ1) is 17.6. The van der Waals surface area contributed by atoms with Crippen molar-refractivity contribution in [3.8, 4) is 0 Å². The van der Waals surface area contributed by atoms with Crippen LogP contribution in [0, 0.1) is 19.8 Å². The van der Waals surface area contributed by atoms with Crippen LogP contribution in [0.1, 0.15) is 28.8 Å². The van der Waals surface area contributed by atoms with Gasteiger partial charge in [0.1, 0.15) is 0 Å². The second kappa shape index (κ2) is 8.26. The standard InChI is InChI=1S/C21H27N3O/c1-16-6-7-18(11-17(16)2)14-24-10-8-19(15-24)13-23-21(25)12-20-5-3-4-9-22-20/h3-7,9,11,19H,8,10,12-15H2,1-2H3,(H,23,25)/t19-/m0/s1. The fraction of sp³-hybridized carbons (Fsp3) is 0.429. The van der Waals surface area contributed by atoms with Crippen LogP contribution >= 0.6 is 0 Å². The number of rotatable bonds is 6. The number of pyridine rings is 1. The summed E-state index contributed by atoms with van der Waals surface area (Å²) in [5.74, 6) is 0.602. The van der Waals surface area contributed by atoms with Gasteiger partial charge in [-0.05, 0) is 61.6 Å². The molecule has 132 valence electrons. The van der Waals surface area contributed by atoms with E-state index in [2.05, 4.69) is 47.2 Å². The molecule has 0 bridgehead atoms. The molecule has 1 aromatic carbocycles. The topological polar surface area (TPSA) is 45.2 Å². The van der Waals surface area contributed by atoms with E-state index < -0.39 is 0 Å². The van der Waals surface area contributed by atoms with Crippen LogP contribution in [-0.4, -0.2) is 35.4 Å². The van der Waals surface area contributed by atoms with Crippen LogP contribution in [0.3, 0.4) is 0 Å². The Morgan fingerprint density at radius 1 is 1.24 bits per heavy atom. The van der Waals surface area contributed by atoms with Crippen molar-refractivity contribution < 1.29 is 4.79 Å². The van der Waals surface area contributed by atoms with Crippen molar-refractivity contribution in [2.24, 2.45) is 5.92 Å². The molecule has 1 saturated heterocycles. The maximum atomic E-state index is 12.0. The lowest BCUT2D eigenvalue weighted by Gasteiger charge is -2.17. The minimum atomic E-state index is 0.0614. The van der Waals surface area contributed by atoms with Crippen LogP contribution in [0.2, 0.25) is 0 Å². The molecule has 3 rings (SSSR count). The monoisotopic (exact) mass is 337 g/mol. The molecule has 1 N–H and O–H groups in total. The molecule has 0 spiro atoms. The van der Waals surface area contributed by atoms with E-state index in [0.29, 0.717) is 12.3 Å². The van der Waals surface area contributed by atoms with Gasteiger partial charge in [-0.3, -0.25) is 14.7 Å². The predicted molar refractivity (Wildman–Crippen MR) is 100 cm³/mol. The van der Waals surface area contributed by atoms with Gasteiger partial charge in [0.25, 0.3) is 0 Å². The highest BCUT2D eigenvalue weighted by molar-refractivity contribution is 5.78. The number of nitrogens with one attached hydrogen (secondary N) is 1. The fourth-order valence-corrected chi connectivity index (χ4v) is 3.37. The zero-order valence-corrected chi connectivity index (χ0v) is 15.2. The second-order valence-electron chi connectivity index (χ2n) is 7.11. The normalized spacial score (nSPS) is 17.6. The Kier molecular flexibility index (Phi) is 5.82. The molecule has 0 saturated carbocycles. The lowest BCUT2D eigenvalue weighted by Crippen LogP contribution is -2.32. The van der Waals surface area contributed by atoms with E-state index in [1.807, 2.05) is 18.2 Å². The molecule has 1 aliphatic rings. The van der Waals surface area contributed by atoms with E-state index in [1.165, 1.54) is 16.7 Å². The van der Waals surface area contributed by atoms with Gasteiger partial charge < -0.3 is 5.32 Å². The van der Waals surface area contributed by atoms with Gasteiger partial charge in [-0.15, -0.1) is 0 Å². The molecule has 4 nitrogen and oxygen atoms in total. The molecule has 2 aromatic rings. The number of carbonyl (C=O) groups excluding carboxylic acids is 1. The van der Waals surface area contributed by atoms with Crippen LogP contribution in [0.15, 0.2) is 42.6 Å². The summed E-state index contributed by atoms with van der Waals surface area (Å²) in [6, 6.07) is 12.4. The largest absolute Gasteiger partial charge is 0.355 e. The molecule has 4 heteroatoms. The van der Waals surface area contributed by atoms with Crippen LogP contribution in [-0.2, 0) is 17.8 Å². The highest BCUT2D eigenvalue weighted by atomic mass is 16.1. The van der Waals surface area contributed by atoms with Gasteiger partial charge in [-0.1, -0.05) is 24.3 Å². The van der Waals surface area contributed by atoms with E-state index in [4.69, 9.17) is 0 Å². The summed E-state index contributed by atoms with van der Waals surface area (Å²) in [6.07, 6.45) is 3.23. The summed E-state index contributed by atoms with van der Waals surface area (Å²) in [5.41, 5.74) is 4.90. The Morgan fingerprint density at radius 3 is 2.88 bits per heavy atom. The number of hydrogen-bond acceptors (Lipinski definition) is 3. The third-order valence-corrected chi connectivity index (χ3v) is 5.00. The van der Waals surface area contributed by atoms with Gasteiger partial charge in [0, 0.05) is 31.5 Å². The summed E-state index contributed by atoms with van der Waals surface area (Å²) in [6.45, 7) is 8.24. The van der Waals surface area contributed by atoms with Gasteiger partial charge in [-0.2, -0.15) is 0 Å². The number of likely N-dealkylation sites (tertiary alicyclic amines) is 1. The Bertz CT molecular complexity index is 714. The summed E-state index contributed by atoms with van der Waals surface area (Å²) in [4.78, 5) is 18.7. The van der Waals surface area contributed by atoms with E-state index in [1.54, 1.807) is 6.20 Å². The van der Waals surface area contributed by atoms with Crippen molar-refractivity contribution in [1.82, 2.24) is 15.2 Å². The number of aryl methyl sites for hydroxylation is 2. The molecule has 1 atom stereocenters. The number of carbonyl (C=O) groups is 1. The minimum Gasteiger partial charge on any atom is -0.355 e.